The number of rotatable bonds is 7. The van der Waals surface area contributed by atoms with Gasteiger partial charge in [0.25, 0.3) is 11.8 Å². The van der Waals surface area contributed by atoms with Gasteiger partial charge in [0.2, 0.25) is 0 Å². The van der Waals surface area contributed by atoms with E-state index in [1.54, 1.807) is 18.2 Å². The maximum atomic E-state index is 12.3. The summed E-state index contributed by atoms with van der Waals surface area (Å²) in [7, 11) is 1.50. The van der Waals surface area contributed by atoms with Gasteiger partial charge in [-0.25, -0.2) is 0 Å². The Balaban J connectivity index is 1.89. The van der Waals surface area contributed by atoms with Crippen LogP contribution in [0.25, 0.3) is 0 Å². The topological polar surface area (TPSA) is 85.9 Å². The van der Waals surface area contributed by atoms with E-state index >= 15 is 0 Å². The number of aryl methyl sites for hydroxylation is 2. The molecule has 2 rings (SSSR count). The third-order valence-corrected chi connectivity index (χ3v) is 3.67. The van der Waals surface area contributed by atoms with Gasteiger partial charge >= 0.3 is 0 Å². The molecule has 7 nitrogen and oxygen atoms in total. The molecular weight excluding hydrogens is 360 g/mol. The molecular formula is C21H26N2O5. The first-order chi connectivity index (χ1) is 13.3. The molecule has 0 aromatic heterocycles. The molecule has 0 heterocycles. The lowest BCUT2D eigenvalue weighted by atomic mass is 10.1. The molecule has 0 atom stereocenters. The fourth-order valence-electron chi connectivity index (χ4n) is 2.56. The average Bonchev–Trinajstić information content (AvgIpc) is 2.63. The van der Waals surface area contributed by atoms with Crippen molar-refractivity contribution < 1.29 is 23.8 Å². The summed E-state index contributed by atoms with van der Waals surface area (Å²) in [6, 6.07) is 10.5. The van der Waals surface area contributed by atoms with Gasteiger partial charge in [0.15, 0.2) is 18.1 Å². The van der Waals surface area contributed by atoms with Crippen molar-refractivity contribution in [2.75, 3.05) is 13.7 Å². The van der Waals surface area contributed by atoms with E-state index in [0.717, 1.165) is 11.1 Å². The lowest BCUT2D eigenvalue weighted by molar-refractivity contribution is -0.123. The highest BCUT2D eigenvalue weighted by molar-refractivity contribution is 5.96. The Morgan fingerprint density at radius 3 is 2.25 bits per heavy atom. The summed E-state index contributed by atoms with van der Waals surface area (Å²) in [6.07, 6.45) is -0.0231. The summed E-state index contributed by atoms with van der Waals surface area (Å²) in [5, 5.41) is 0. The minimum Gasteiger partial charge on any atom is -0.493 e. The second kappa shape index (κ2) is 9.64. The van der Waals surface area contributed by atoms with Gasteiger partial charge in [0, 0.05) is 5.56 Å². The van der Waals surface area contributed by atoms with E-state index in [2.05, 4.69) is 10.9 Å². The number of benzene rings is 2. The summed E-state index contributed by atoms with van der Waals surface area (Å²) in [4.78, 5) is 24.2. The van der Waals surface area contributed by atoms with Crippen molar-refractivity contribution in [1.82, 2.24) is 10.9 Å². The third kappa shape index (κ3) is 6.19. The van der Waals surface area contributed by atoms with Gasteiger partial charge in [-0.1, -0.05) is 6.07 Å². The zero-order chi connectivity index (χ0) is 20.7. The van der Waals surface area contributed by atoms with Gasteiger partial charge in [-0.2, -0.15) is 0 Å². The van der Waals surface area contributed by atoms with Crippen molar-refractivity contribution in [3.8, 4) is 17.2 Å². The molecule has 7 heteroatoms. The van der Waals surface area contributed by atoms with Crippen LogP contribution >= 0.6 is 0 Å². The SMILES string of the molecule is COc1cc(C(=O)NNC(=O)COc2cc(C)cc(C)c2)ccc1OC(C)C. The molecule has 0 saturated heterocycles. The van der Waals surface area contributed by atoms with Gasteiger partial charge in [-0.3, -0.25) is 20.4 Å². The van der Waals surface area contributed by atoms with E-state index in [-0.39, 0.29) is 12.7 Å². The number of nitrogens with one attached hydrogen (secondary N) is 2. The smallest absolute Gasteiger partial charge is 0.276 e. The summed E-state index contributed by atoms with van der Waals surface area (Å²) in [6.45, 7) is 7.48. The Morgan fingerprint density at radius 1 is 0.964 bits per heavy atom. The highest BCUT2D eigenvalue weighted by Gasteiger charge is 2.13. The molecule has 0 spiro atoms. The van der Waals surface area contributed by atoms with Gasteiger partial charge in [-0.15, -0.1) is 0 Å². The average molecular weight is 386 g/mol. The molecule has 0 saturated carbocycles. The molecule has 0 fully saturated rings. The van der Waals surface area contributed by atoms with Crippen LogP contribution < -0.4 is 25.1 Å². The lowest BCUT2D eigenvalue weighted by Gasteiger charge is -2.14. The minimum absolute atomic E-state index is 0.0231. The maximum Gasteiger partial charge on any atom is 0.276 e. The zero-order valence-corrected chi connectivity index (χ0v) is 16.8. The van der Waals surface area contributed by atoms with Crippen LogP contribution in [0.1, 0.15) is 35.3 Å². The Morgan fingerprint density at radius 2 is 1.64 bits per heavy atom. The molecule has 2 amide bonds. The first-order valence-corrected chi connectivity index (χ1v) is 8.93. The zero-order valence-electron chi connectivity index (χ0n) is 16.8. The number of methoxy groups -OCH3 is 1. The summed E-state index contributed by atoms with van der Waals surface area (Å²) >= 11 is 0. The number of hydrogen-bond acceptors (Lipinski definition) is 5. The van der Waals surface area contributed by atoms with Crippen molar-refractivity contribution in [2.45, 2.75) is 33.8 Å². The van der Waals surface area contributed by atoms with Crippen LogP contribution in [-0.4, -0.2) is 31.6 Å². The quantitative estimate of drug-likeness (QED) is 0.715. The van der Waals surface area contributed by atoms with Gasteiger partial charge < -0.3 is 14.2 Å². The molecule has 150 valence electrons. The van der Waals surface area contributed by atoms with Gasteiger partial charge in [-0.05, 0) is 69.2 Å². The standard InChI is InChI=1S/C21H26N2O5/c1-13(2)28-18-7-6-16(11-19(18)26-5)21(25)23-22-20(24)12-27-17-9-14(3)8-15(4)10-17/h6-11,13H,12H2,1-5H3,(H,22,24)(H,23,25). The number of ether oxygens (including phenoxy) is 3. The van der Waals surface area contributed by atoms with E-state index in [0.29, 0.717) is 22.8 Å². The monoisotopic (exact) mass is 386 g/mol. The van der Waals surface area contributed by atoms with E-state index in [1.165, 1.54) is 7.11 Å². The van der Waals surface area contributed by atoms with Crippen LogP contribution in [0.3, 0.4) is 0 Å². The Labute approximate surface area is 165 Å². The highest BCUT2D eigenvalue weighted by Crippen LogP contribution is 2.28. The van der Waals surface area contributed by atoms with Gasteiger partial charge in [0.05, 0.1) is 13.2 Å². The fraction of sp³-hybridized carbons (Fsp3) is 0.333. The number of carbonyl (C=O) groups excluding carboxylic acids is 2. The number of amides is 2. The summed E-state index contributed by atoms with van der Waals surface area (Å²) < 4.78 is 16.3. The van der Waals surface area contributed by atoms with Gasteiger partial charge in [0.1, 0.15) is 5.75 Å². The molecule has 2 aromatic rings. The molecule has 28 heavy (non-hydrogen) atoms. The second-order valence-corrected chi connectivity index (χ2v) is 6.65. The Bertz CT molecular complexity index is 828. The molecule has 0 unspecified atom stereocenters. The molecule has 0 aliphatic rings. The Hall–Kier alpha value is -3.22. The Kier molecular flexibility index (Phi) is 7.26. The lowest BCUT2D eigenvalue weighted by Crippen LogP contribution is -2.43. The van der Waals surface area contributed by atoms with Crippen LogP contribution in [0.4, 0.5) is 0 Å². The number of hydrogen-bond donors (Lipinski definition) is 2. The molecule has 0 radical (unpaired) electrons. The largest absolute Gasteiger partial charge is 0.493 e. The van der Waals surface area contributed by atoms with Crippen molar-refractivity contribution in [2.24, 2.45) is 0 Å². The molecule has 0 aliphatic heterocycles. The third-order valence-electron chi connectivity index (χ3n) is 3.67. The molecule has 0 aliphatic carbocycles. The first kappa shape index (κ1) is 21.1. The number of carbonyl (C=O) groups is 2. The van der Waals surface area contributed by atoms with Crippen molar-refractivity contribution in [1.29, 1.82) is 0 Å². The predicted molar refractivity (Wildman–Crippen MR) is 106 cm³/mol. The minimum atomic E-state index is -0.478. The van der Waals surface area contributed by atoms with Crippen LogP contribution in [-0.2, 0) is 4.79 Å². The normalized spacial score (nSPS) is 10.4. The summed E-state index contributed by atoms with van der Waals surface area (Å²) in [5.74, 6) is 0.628. The van der Waals surface area contributed by atoms with Crippen LogP contribution in [0.5, 0.6) is 17.2 Å². The van der Waals surface area contributed by atoms with E-state index in [4.69, 9.17) is 14.2 Å². The molecule has 2 N–H and O–H groups in total. The van der Waals surface area contributed by atoms with Crippen molar-refractivity contribution in [3.05, 3.63) is 53.1 Å². The molecule has 2 aromatic carbocycles. The second-order valence-electron chi connectivity index (χ2n) is 6.65. The van der Waals surface area contributed by atoms with E-state index in [1.807, 2.05) is 45.9 Å². The van der Waals surface area contributed by atoms with Crippen LogP contribution in [0, 0.1) is 13.8 Å². The molecule has 0 bridgehead atoms. The maximum absolute atomic E-state index is 12.3. The first-order valence-electron chi connectivity index (χ1n) is 8.93. The number of hydrazine groups is 1. The van der Waals surface area contributed by atoms with Crippen molar-refractivity contribution in [3.63, 3.8) is 0 Å². The van der Waals surface area contributed by atoms with E-state index < -0.39 is 11.8 Å². The summed E-state index contributed by atoms with van der Waals surface area (Å²) in [5.41, 5.74) is 7.09. The fourth-order valence-corrected chi connectivity index (χ4v) is 2.56. The highest BCUT2D eigenvalue weighted by atomic mass is 16.5. The van der Waals surface area contributed by atoms with Crippen LogP contribution in [0.2, 0.25) is 0 Å². The van der Waals surface area contributed by atoms with Crippen LogP contribution in [0.15, 0.2) is 36.4 Å². The predicted octanol–water partition coefficient (Wildman–Crippen LogP) is 2.94. The van der Waals surface area contributed by atoms with Crippen molar-refractivity contribution >= 4 is 11.8 Å². The van der Waals surface area contributed by atoms with E-state index in [9.17, 15) is 9.59 Å².